The second kappa shape index (κ2) is 13.5. The zero-order chi connectivity index (χ0) is 29.0. The Hall–Kier alpha value is -3.14. The lowest BCUT2D eigenvalue weighted by molar-refractivity contribution is -0.124. The molecule has 220 valence electrons. The molecule has 0 aromatic heterocycles. The molecule has 0 aliphatic carbocycles. The Bertz CT molecular complexity index is 1410. The van der Waals surface area contributed by atoms with Crippen molar-refractivity contribution < 1.29 is 36.6 Å². The summed E-state index contributed by atoms with van der Waals surface area (Å²) >= 11 is 0. The second-order valence-electron chi connectivity index (χ2n) is 8.86. The van der Waals surface area contributed by atoms with Gasteiger partial charge in [0.05, 0.1) is 9.79 Å². The van der Waals surface area contributed by atoms with Crippen LogP contribution >= 0.6 is 0 Å². The molecule has 2 fully saturated rings. The predicted molar refractivity (Wildman–Crippen MR) is 152 cm³/mol. The summed E-state index contributed by atoms with van der Waals surface area (Å²) in [5, 5.41) is 18.8. The summed E-state index contributed by atoms with van der Waals surface area (Å²) in [6.45, 7) is 4.61. The van der Waals surface area contributed by atoms with E-state index < -0.39 is 32.3 Å². The number of carbonyl (C=O) groups excluding carboxylic acids is 2. The molecule has 2 aliphatic heterocycles. The van der Waals surface area contributed by atoms with E-state index in [1.165, 1.54) is 58.5 Å². The fourth-order valence-electron chi connectivity index (χ4n) is 4.02. The highest BCUT2D eigenvalue weighted by Gasteiger charge is 2.32. The van der Waals surface area contributed by atoms with E-state index in [4.69, 9.17) is 0 Å². The minimum absolute atomic E-state index is 0. The number of anilines is 2. The fraction of sp³-hybridized carbons (Fsp3) is 0.385. The average molecular weight is 597 g/mol. The number of hydrogen-bond donors (Lipinski definition) is 3. The van der Waals surface area contributed by atoms with Crippen molar-refractivity contribution >= 4 is 43.2 Å². The highest BCUT2D eigenvalue weighted by atomic mass is 32.2. The molecule has 0 saturated carbocycles. The van der Waals surface area contributed by atoms with E-state index in [1.54, 1.807) is 24.3 Å². The van der Waals surface area contributed by atoms with Crippen molar-refractivity contribution in [3.05, 3.63) is 61.2 Å². The number of aliphatic hydroxyl groups is 2. The molecule has 40 heavy (non-hydrogen) atoms. The minimum atomic E-state index is -3.56. The Morgan fingerprint density at radius 1 is 0.875 bits per heavy atom. The van der Waals surface area contributed by atoms with Crippen LogP contribution in [0.25, 0.3) is 0 Å². The summed E-state index contributed by atoms with van der Waals surface area (Å²) in [7, 11) is -4.21. The van der Waals surface area contributed by atoms with Gasteiger partial charge < -0.3 is 20.0 Å². The molecule has 0 radical (unpaired) electrons. The number of nitrogens with zero attached hydrogens (tertiary/aromatic N) is 3. The molecule has 2 saturated heterocycles. The van der Waals surface area contributed by atoms with E-state index in [1.807, 2.05) is 0 Å². The number of nitrogens with one attached hydrogen (secondary N) is 1. The van der Waals surface area contributed by atoms with Crippen molar-refractivity contribution in [1.29, 1.82) is 0 Å². The van der Waals surface area contributed by atoms with Gasteiger partial charge in [-0.1, -0.05) is 13.5 Å². The van der Waals surface area contributed by atoms with Gasteiger partial charge in [0.15, 0.2) is 0 Å². The third-order valence-corrected chi connectivity index (χ3v) is 9.59. The third-order valence-electron chi connectivity index (χ3n) is 6.32. The normalized spacial score (nSPS) is 19.3. The quantitative estimate of drug-likeness (QED) is 0.379. The van der Waals surface area contributed by atoms with Crippen molar-refractivity contribution in [2.24, 2.45) is 0 Å². The molecule has 2 atom stereocenters. The first kappa shape index (κ1) is 33.1. The van der Waals surface area contributed by atoms with Crippen molar-refractivity contribution in [1.82, 2.24) is 9.03 Å². The Morgan fingerprint density at radius 3 is 1.60 bits per heavy atom. The lowest BCUT2D eigenvalue weighted by atomic mass is 10.3. The van der Waals surface area contributed by atoms with Gasteiger partial charge in [0.2, 0.25) is 20.0 Å². The van der Waals surface area contributed by atoms with E-state index in [-0.39, 0.29) is 35.6 Å². The maximum absolute atomic E-state index is 12.2. The topological polar surface area (TPSA) is 165 Å². The molecule has 2 amide bonds. The van der Waals surface area contributed by atoms with E-state index in [2.05, 4.69) is 11.3 Å². The zero-order valence-electron chi connectivity index (χ0n) is 21.6. The SMILES string of the molecule is C.C=CCN(C)S(=O)(=O)c1ccc(N2CC[C@@H](O)C2=O)cc1.CNS(=O)(=O)c1ccc(N2CC[C@@H](O)C2=O)cc1. The van der Waals surface area contributed by atoms with Gasteiger partial charge in [0.25, 0.3) is 11.8 Å². The standard InChI is InChI=1S/C14H18N2O4S.C11H14N2O4S.CH4/c1-3-9-15(2)21(19,20)12-6-4-11(5-7-12)16-10-8-13(17)14(16)18;1-12-18(16,17)9-4-2-8(3-5-9)13-7-6-10(14)11(13)15;/h3-7,13,17H,1,8-10H2,2H3;2-5,10,12,14H,6-7H2,1H3;1H4/t13-;10-;/m11./s1. The maximum Gasteiger partial charge on any atom is 0.255 e. The van der Waals surface area contributed by atoms with E-state index >= 15 is 0 Å². The Morgan fingerprint density at radius 2 is 1.27 bits per heavy atom. The number of amides is 2. The fourth-order valence-corrected chi connectivity index (χ4v) is 5.90. The first-order chi connectivity index (χ1) is 18.3. The molecule has 0 unspecified atom stereocenters. The Labute approximate surface area is 235 Å². The Kier molecular flexibility index (Phi) is 11.1. The van der Waals surface area contributed by atoms with Crippen LogP contribution in [0.15, 0.2) is 71.0 Å². The molecule has 2 aromatic carbocycles. The summed E-state index contributed by atoms with van der Waals surface area (Å²) in [5.74, 6) is -0.700. The van der Waals surface area contributed by atoms with Gasteiger partial charge in [-0.05, 0) is 55.6 Å². The first-order valence-corrected chi connectivity index (χ1v) is 15.0. The van der Waals surface area contributed by atoms with Crippen LogP contribution in [0.4, 0.5) is 11.4 Å². The van der Waals surface area contributed by atoms with Crippen LogP contribution in [0, 0.1) is 0 Å². The van der Waals surface area contributed by atoms with Crippen molar-refractivity contribution in [3.63, 3.8) is 0 Å². The molecule has 0 bridgehead atoms. The van der Waals surface area contributed by atoms with Crippen LogP contribution in [-0.4, -0.2) is 89.1 Å². The first-order valence-electron chi connectivity index (χ1n) is 12.0. The lowest BCUT2D eigenvalue weighted by Gasteiger charge is -2.18. The van der Waals surface area contributed by atoms with Crippen LogP contribution in [0.1, 0.15) is 20.3 Å². The second-order valence-corrected chi connectivity index (χ2v) is 12.8. The summed E-state index contributed by atoms with van der Waals surface area (Å²) in [4.78, 5) is 26.5. The zero-order valence-corrected chi connectivity index (χ0v) is 23.2. The van der Waals surface area contributed by atoms with Gasteiger partial charge in [-0.25, -0.2) is 21.6 Å². The molecule has 14 heteroatoms. The number of rotatable bonds is 8. The van der Waals surface area contributed by atoms with Gasteiger partial charge in [-0.3, -0.25) is 9.59 Å². The molecular weight excluding hydrogens is 560 g/mol. The van der Waals surface area contributed by atoms with Crippen LogP contribution in [0.3, 0.4) is 0 Å². The molecule has 0 spiro atoms. The summed E-state index contributed by atoms with van der Waals surface area (Å²) in [6.07, 6.45) is 0.380. The smallest absolute Gasteiger partial charge is 0.255 e. The number of benzene rings is 2. The number of likely N-dealkylation sites (N-methyl/N-ethyl adjacent to an activating group) is 1. The predicted octanol–water partition coefficient (Wildman–Crippen LogP) is 0.919. The molecule has 12 nitrogen and oxygen atoms in total. The summed E-state index contributed by atoms with van der Waals surface area (Å²) < 4.78 is 50.9. The molecule has 4 rings (SSSR count). The van der Waals surface area contributed by atoms with E-state index in [9.17, 15) is 36.6 Å². The molecule has 2 heterocycles. The third kappa shape index (κ3) is 7.13. The molecule has 3 N–H and O–H groups in total. The number of hydrogen-bond acceptors (Lipinski definition) is 8. The Balaban J connectivity index is 0.000000276. The van der Waals surface area contributed by atoms with Crippen LogP contribution in [0.5, 0.6) is 0 Å². The van der Waals surface area contributed by atoms with Gasteiger partial charge in [0, 0.05) is 50.9 Å². The van der Waals surface area contributed by atoms with Gasteiger partial charge in [0.1, 0.15) is 12.2 Å². The maximum atomic E-state index is 12.2. The number of carbonyl (C=O) groups is 2. The van der Waals surface area contributed by atoms with Crippen molar-refractivity contribution in [2.75, 3.05) is 43.5 Å². The van der Waals surface area contributed by atoms with Crippen LogP contribution in [0.2, 0.25) is 0 Å². The largest absolute Gasteiger partial charge is 0.383 e. The highest BCUT2D eigenvalue weighted by Crippen LogP contribution is 2.25. The number of sulfonamides is 2. The highest BCUT2D eigenvalue weighted by molar-refractivity contribution is 7.89. The monoisotopic (exact) mass is 596 g/mol. The molecule has 2 aliphatic rings. The van der Waals surface area contributed by atoms with E-state index in [0.717, 1.165) is 0 Å². The number of aliphatic hydroxyl groups excluding tert-OH is 2. The van der Waals surface area contributed by atoms with E-state index in [0.29, 0.717) is 37.3 Å². The molecule has 2 aromatic rings. The van der Waals surface area contributed by atoms with Gasteiger partial charge >= 0.3 is 0 Å². The molecular formula is C26H36N4O8S2. The van der Waals surface area contributed by atoms with Gasteiger partial charge in [-0.2, -0.15) is 4.31 Å². The summed E-state index contributed by atoms with van der Waals surface area (Å²) in [6, 6.07) is 12.0. The minimum Gasteiger partial charge on any atom is -0.383 e. The lowest BCUT2D eigenvalue weighted by Crippen LogP contribution is -2.29. The van der Waals surface area contributed by atoms with Crippen LogP contribution in [-0.2, 0) is 29.6 Å². The van der Waals surface area contributed by atoms with Gasteiger partial charge in [-0.15, -0.1) is 6.58 Å². The average Bonchev–Trinajstić information content (AvgIpc) is 3.44. The van der Waals surface area contributed by atoms with Crippen LogP contribution < -0.4 is 14.5 Å². The van der Waals surface area contributed by atoms with Crippen molar-refractivity contribution in [2.45, 2.75) is 42.3 Å². The summed E-state index contributed by atoms with van der Waals surface area (Å²) in [5.41, 5.74) is 1.17. The van der Waals surface area contributed by atoms with Crippen molar-refractivity contribution in [3.8, 4) is 0 Å².